The van der Waals surface area contributed by atoms with Gasteiger partial charge in [-0.25, -0.2) is 9.97 Å². The highest BCUT2D eigenvalue weighted by Gasteiger charge is 2.17. The normalized spacial score (nSPS) is 15.4. The van der Waals surface area contributed by atoms with E-state index in [2.05, 4.69) is 20.3 Å². The van der Waals surface area contributed by atoms with E-state index < -0.39 is 0 Å². The number of fused-ring (bicyclic) bond motifs is 1. The minimum absolute atomic E-state index is 0.436. The molecule has 0 radical (unpaired) electrons. The molecule has 0 aromatic carbocycles. The molecule has 1 aliphatic rings. The fourth-order valence-corrected chi connectivity index (χ4v) is 3.90. The van der Waals surface area contributed by atoms with Crippen LogP contribution in [0.4, 0.5) is 5.82 Å². The summed E-state index contributed by atoms with van der Waals surface area (Å²) in [6, 6.07) is 6.12. The summed E-state index contributed by atoms with van der Waals surface area (Å²) < 4.78 is 0. The van der Waals surface area contributed by atoms with E-state index in [0.29, 0.717) is 16.2 Å². The second-order valence-corrected chi connectivity index (χ2v) is 7.13. The lowest BCUT2D eigenvalue weighted by Crippen LogP contribution is -2.23. The molecule has 6 heteroatoms. The summed E-state index contributed by atoms with van der Waals surface area (Å²) in [5, 5.41) is 6.34. The molecule has 4 nitrogen and oxygen atoms in total. The summed E-state index contributed by atoms with van der Waals surface area (Å²) in [4.78, 5) is 13.1. The molecule has 3 aromatic heterocycles. The fourth-order valence-electron chi connectivity index (χ4n) is 3.38. The van der Waals surface area contributed by atoms with E-state index in [-0.39, 0.29) is 0 Å². The van der Waals surface area contributed by atoms with Crippen molar-refractivity contribution in [1.29, 1.82) is 0 Å². The number of rotatable bonds is 3. The Labute approximate surface area is 156 Å². The Hall–Kier alpha value is -1.91. The highest BCUT2D eigenvalue weighted by Crippen LogP contribution is 2.35. The Morgan fingerprint density at radius 1 is 1.04 bits per heavy atom. The SMILES string of the molecule is Clc1c(-c2cc3cnccc3c(Cl)n2)ccnc1NC1CCCCC1. The monoisotopic (exact) mass is 372 g/mol. The van der Waals surface area contributed by atoms with Crippen molar-refractivity contribution >= 4 is 39.8 Å². The highest BCUT2D eigenvalue weighted by atomic mass is 35.5. The molecule has 0 bridgehead atoms. The third-order valence-corrected chi connectivity index (χ3v) is 5.37. The molecule has 128 valence electrons. The molecule has 1 aliphatic carbocycles. The van der Waals surface area contributed by atoms with Crippen LogP contribution < -0.4 is 5.32 Å². The summed E-state index contributed by atoms with van der Waals surface area (Å²) in [5.41, 5.74) is 1.55. The summed E-state index contributed by atoms with van der Waals surface area (Å²) >= 11 is 13.0. The summed E-state index contributed by atoms with van der Waals surface area (Å²) in [7, 11) is 0. The molecule has 0 amide bonds. The van der Waals surface area contributed by atoms with Crippen LogP contribution in [0.5, 0.6) is 0 Å². The van der Waals surface area contributed by atoms with E-state index in [0.717, 1.165) is 40.7 Å². The first kappa shape index (κ1) is 16.6. The summed E-state index contributed by atoms with van der Waals surface area (Å²) in [5.74, 6) is 0.718. The van der Waals surface area contributed by atoms with Crippen LogP contribution in [0.3, 0.4) is 0 Å². The highest BCUT2D eigenvalue weighted by molar-refractivity contribution is 6.36. The molecule has 0 spiro atoms. The minimum Gasteiger partial charge on any atom is -0.366 e. The maximum absolute atomic E-state index is 6.64. The van der Waals surface area contributed by atoms with Gasteiger partial charge in [0.05, 0.1) is 10.7 Å². The summed E-state index contributed by atoms with van der Waals surface area (Å²) in [6.45, 7) is 0. The quantitative estimate of drug-likeness (QED) is 0.595. The van der Waals surface area contributed by atoms with Gasteiger partial charge in [-0.2, -0.15) is 0 Å². The van der Waals surface area contributed by atoms with Gasteiger partial charge < -0.3 is 5.32 Å². The number of halogens is 2. The first-order valence-corrected chi connectivity index (χ1v) is 9.29. The topological polar surface area (TPSA) is 50.7 Å². The maximum Gasteiger partial charge on any atom is 0.145 e. The van der Waals surface area contributed by atoms with Crippen LogP contribution in [0.2, 0.25) is 10.2 Å². The molecule has 0 atom stereocenters. The Bertz CT molecular complexity index is 907. The predicted octanol–water partition coefficient (Wildman–Crippen LogP) is 5.74. The van der Waals surface area contributed by atoms with Crippen molar-refractivity contribution in [2.24, 2.45) is 0 Å². The first-order valence-electron chi connectivity index (χ1n) is 8.54. The largest absolute Gasteiger partial charge is 0.366 e. The van der Waals surface area contributed by atoms with E-state index >= 15 is 0 Å². The van der Waals surface area contributed by atoms with Gasteiger partial charge >= 0.3 is 0 Å². The number of hydrogen-bond acceptors (Lipinski definition) is 4. The smallest absolute Gasteiger partial charge is 0.145 e. The Kier molecular flexibility index (Phi) is 4.73. The van der Waals surface area contributed by atoms with Crippen LogP contribution >= 0.6 is 23.2 Å². The number of hydrogen-bond donors (Lipinski definition) is 1. The van der Waals surface area contributed by atoms with Crippen LogP contribution in [-0.2, 0) is 0 Å². The zero-order valence-electron chi connectivity index (χ0n) is 13.7. The Morgan fingerprint density at radius 2 is 1.88 bits per heavy atom. The van der Waals surface area contributed by atoms with Gasteiger partial charge in [0.2, 0.25) is 0 Å². The van der Waals surface area contributed by atoms with E-state index in [1.165, 1.54) is 19.3 Å². The molecule has 1 fully saturated rings. The van der Waals surface area contributed by atoms with Gasteiger partial charge in [0, 0.05) is 41.0 Å². The van der Waals surface area contributed by atoms with Crippen LogP contribution in [0.25, 0.3) is 22.0 Å². The standard InChI is InChI=1S/C19H18Cl2N4/c20-17-15(7-9-23-19(17)24-13-4-2-1-3-5-13)16-10-12-11-22-8-6-14(12)18(21)25-16/h6-11,13H,1-5H2,(H,23,24). The van der Waals surface area contributed by atoms with Crippen molar-refractivity contribution in [3.63, 3.8) is 0 Å². The molecule has 4 rings (SSSR count). The lowest BCUT2D eigenvalue weighted by molar-refractivity contribution is 0.462. The van der Waals surface area contributed by atoms with Gasteiger partial charge in [0.25, 0.3) is 0 Å². The van der Waals surface area contributed by atoms with Gasteiger partial charge in [0.1, 0.15) is 11.0 Å². The Morgan fingerprint density at radius 3 is 2.72 bits per heavy atom. The predicted molar refractivity (Wildman–Crippen MR) is 103 cm³/mol. The Balaban J connectivity index is 1.72. The number of aromatic nitrogens is 3. The molecule has 3 heterocycles. The third kappa shape index (κ3) is 3.42. The van der Waals surface area contributed by atoms with Gasteiger partial charge in [-0.1, -0.05) is 42.5 Å². The molecule has 0 unspecified atom stereocenters. The average Bonchev–Trinajstić information content (AvgIpc) is 2.64. The zero-order chi connectivity index (χ0) is 17.2. The second-order valence-electron chi connectivity index (χ2n) is 6.40. The van der Waals surface area contributed by atoms with Gasteiger partial charge in [-0.05, 0) is 31.0 Å². The van der Waals surface area contributed by atoms with E-state index in [1.54, 1.807) is 18.6 Å². The zero-order valence-corrected chi connectivity index (χ0v) is 15.2. The first-order chi connectivity index (χ1) is 12.2. The molecule has 0 aliphatic heterocycles. The molecular formula is C19H18Cl2N4. The lowest BCUT2D eigenvalue weighted by Gasteiger charge is -2.24. The summed E-state index contributed by atoms with van der Waals surface area (Å²) in [6.07, 6.45) is 11.4. The average molecular weight is 373 g/mol. The van der Waals surface area contributed by atoms with Gasteiger partial charge in [-0.15, -0.1) is 0 Å². The number of nitrogens with zero attached hydrogens (tertiary/aromatic N) is 3. The molecule has 3 aromatic rings. The maximum atomic E-state index is 6.64. The van der Waals surface area contributed by atoms with E-state index in [9.17, 15) is 0 Å². The minimum atomic E-state index is 0.436. The molecule has 25 heavy (non-hydrogen) atoms. The van der Waals surface area contributed by atoms with E-state index in [1.807, 2.05) is 18.2 Å². The van der Waals surface area contributed by atoms with Crippen molar-refractivity contribution < 1.29 is 0 Å². The third-order valence-electron chi connectivity index (χ3n) is 4.70. The van der Waals surface area contributed by atoms with Crippen molar-refractivity contribution in [2.45, 2.75) is 38.1 Å². The molecular weight excluding hydrogens is 355 g/mol. The van der Waals surface area contributed by atoms with Crippen molar-refractivity contribution in [3.8, 4) is 11.3 Å². The second kappa shape index (κ2) is 7.14. The van der Waals surface area contributed by atoms with Gasteiger partial charge in [-0.3, -0.25) is 4.98 Å². The van der Waals surface area contributed by atoms with Crippen LogP contribution in [-0.4, -0.2) is 21.0 Å². The van der Waals surface area contributed by atoms with Gasteiger partial charge in [0.15, 0.2) is 0 Å². The van der Waals surface area contributed by atoms with E-state index in [4.69, 9.17) is 23.2 Å². The van der Waals surface area contributed by atoms with Crippen molar-refractivity contribution in [3.05, 3.63) is 47.0 Å². The van der Waals surface area contributed by atoms with Crippen LogP contribution in [0.15, 0.2) is 36.8 Å². The fraction of sp³-hybridized carbons (Fsp3) is 0.316. The molecule has 1 saturated carbocycles. The molecule has 0 saturated heterocycles. The van der Waals surface area contributed by atoms with Crippen LogP contribution in [0, 0.1) is 0 Å². The molecule has 1 N–H and O–H groups in total. The van der Waals surface area contributed by atoms with Crippen molar-refractivity contribution in [2.75, 3.05) is 5.32 Å². The lowest BCUT2D eigenvalue weighted by atomic mass is 9.95. The van der Waals surface area contributed by atoms with Crippen LogP contribution in [0.1, 0.15) is 32.1 Å². The van der Waals surface area contributed by atoms with Crippen molar-refractivity contribution in [1.82, 2.24) is 15.0 Å². The number of anilines is 1. The number of nitrogens with one attached hydrogen (secondary N) is 1. The number of pyridine rings is 3.